The maximum absolute atomic E-state index is 6.49. The molecule has 0 fully saturated rings. The Morgan fingerprint density at radius 1 is 1.28 bits per heavy atom. The minimum atomic E-state index is 0.352. The van der Waals surface area contributed by atoms with Crippen molar-refractivity contribution in [1.29, 1.82) is 0 Å². The highest BCUT2D eigenvalue weighted by molar-refractivity contribution is 6.32. The van der Waals surface area contributed by atoms with E-state index in [4.69, 9.17) is 21.1 Å². The van der Waals surface area contributed by atoms with Crippen LogP contribution < -0.4 is 14.8 Å². The summed E-state index contributed by atoms with van der Waals surface area (Å²) in [6.07, 6.45) is 0.815. The lowest BCUT2D eigenvalue weighted by molar-refractivity contribution is 0.351. The molecule has 0 aliphatic rings. The van der Waals surface area contributed by atoms with Crippen molar-refractivity contribution in [2.45, 2.75) is 26.2 Å². The highest BCUT2D eigenvalue weighted by Crippen LogP contribution is 2.41. The molecule has 0 bridgehead atoms. The van der Waals surface area contributed by atoms with Crippen molar-refractivity contribution in [3.05, 3.63) is 22.2 Å². The van der Waals surface area contributed by atoms with Crippen LogP contribution >= 0.6 is 11.6 Å². The molecule has 0 aliphatic heterocycles. The average molecular weight is 272 g/mol. The fourth-order valence-corrected chi connectivity index (χ4v) is 2.41. The maximum Gasteiger partial charge on any atom is 0.165 e. The van der Waals surface area contributed by atoms with Crippen molar-refractivity contribution < 1.29 is 9.47 Å². The Morgan fingerprint density at radius 2 is 1.94 bits per heavy atom. The Bertz CT molecular complexity index is 405. The van der Waals surface area contributed by atoms with Gasteiger partial charge in [-0.25, -0.2) is 0 Å². The first kappa shape index (κ1) is 15.1. The summed E-state index contributed by atoms with van der Waals surface area (Å²) in [5, 5.41) is 3.92. The van der Waals surface area contributed by atoms with Crippen LogP contribution in [0.3, 0.4) is 0 Å². The van der Waals surface area contributed by atoms with Crippen LogP contribution in [0.1, 0.15) is 30.9 Å². The number of likely N-dealkylation sites (N-methyl/N-ethyl adjacent to an activating group) is 1. The van der Waals surface area contributed by atoms with Crippen molar-refractivity contribution in [2.75, 3.05) is 27.8 Å². The van der Waals surface area contributed by atoms with Gasteiger partial charge < -0.3 is 14.8 Å². The van der Waals surface area contributed by atoms with Crippen LogP contribution in [0.2, 0.25) is 5.02 Å². The van der Waals surface area contributed by atoms with Gasteiger partial charge in [0.15, 0.2) is 11.5 Å². The molecular weight excluding hydrogens is 250 g/mol. The molecule has 0 saturated carbocycles. The molecule has 0 saturated heterocycles. The molecule has 1 N–H and O–H groups in total. The van der Waals surface area contributed by atoms with E-state index in [9.17, 15) is 0 Å². The molecule has 0 spiro atoms. The van der Waals surface area contributed by atoms with Gasteiger partial charge in [0.25, 0.3) is 0 Å². The number of methoxy groups -OCH3 is 2. The molecule has 0 radical (unpaired) electrons. The predicted octanol–water partition coefficient (Wildman–Crippen LogP) is 3.24. The molecular formula is C14H22ClNO2. The number of benzene rings is 1. The summed E-state index contributed by atoms with van der Waals surface area (Å²) >= 11 is 6.49. The third-order valence-electron chi connectivity index (χ3n) is 2.97. The molecule has 1 aromatic rings. The first-order valence-electron chi connectivity index (χ1n) is 6.14. The smallest absolute Gasteiger partial charge is 0.165 e. The first-order chi connectivity index (χ1) is 8.56. The molecule has 0 atom stereocenters. The summed E-state index contributed by atoms with van der Waals surface area (Å²) < 4.78 is 10.8. The molecule has 102 valence electrons. The summed E-state index contributed by atoms with van der Waals surface area (Å²) in [6.45, 7) is 5.09. The SMILES string of the molecule is CNCCc1c(Cl)c(C(C)C)cc(OC)c1OC. The minimum absolute atomic E-state index is 0.352. The van der Waals surface area contributed by atoms with Gasteiger partial charge in [-0.15, -0.1) is 0 Å². The van der Waals surface area contributed by atoms with E-state index < -0.39 is 0 Å². The summed E-state index contributed by atoms with van der Waals surface area (Å²) in [7, 11) is 5.22. The van der Waals surface area contributed by atoms with Crippen molar-refractivity contribution in [3.63, 3.8) is 0 Å². The van der Waals surface area contributed by atoms with Crippen LogP contribution in [0, 0.1) is 0 Å². The lowest BCUT2D eigenvalue weighted by atomic mass is 9.97. The second-order valence-electron chi connectivity index (χ2n) is 4.50. The number of nitrogens with one attached hydrogen (secondary N) is 1. The van der Waals surface area contributed by atoms with Crippen molar-refractivity contribution in [3.8, 4) is 11.5 Å². The average Bonchev–Trinajstić information content (AvgIpc) is 2.36. The highest BCUT2D eigenvalue weighted by Gasteiger charge is 2.19. The summed E-state index contributed by atoms with van der Waals surface area (Å²) in [5.41, 5.74) is 2.11. The van der Waals surface area contributed by atoms with Gasteiger partial charge in [0.05, 0.1) is 19.2 Å². The molecule has 0 unspecified atom stereocenters. The van der Waals surface area contributed by atoms with E-state index in [1.165, 1.54) is 0 Å². The van der Waals surface area contributed by atoms with E-state index in [1.807, 2.05) is 13.1 Å². The zero-order valence-corrected chi connectivity index (χ0v) is 12.5. The van der Waals surface area contributed by atoms with Gasteiger partial charge in [0.1, 0.15) is 0 Å². The van der Waals surface area contributed by atoms with Crippen LogP contribution in [0.15, 0.2) is 6.07 Å². The van der Waals surface area contributed by atoms with E-state index in [0.29, 0.717) is 5.92 Å². The molecule has 0 heterocycles. The summed E-state index contributed by atoms with van der Waals surface area (Å²) in [6, 6.07) is 1.97. The monoisotopic (exact) mass is 271 g/mol. The lowest BCUT2D eigenvalue weighted by Gasteiger charge is -2.19. The molecule has 4 heteroatoms. The number of hydrogen-bond acceptors (Lipinski definition) is 3. The fourth-order valence-electron chi connectivity index (χ4n) is 1.96. The molecule has 1 rings (SSSR count). The molecule has 18 heavy (non-hydrogen) atoms. The van der Waals surface area contributed by atoms with Gasteiger partial charge in [-0.2, -0.15) is 0 Å². The van der Waals surface area contributed by atoms with Crippen LogP contribution in [-0.2, 0) is 6.42 Å². The van der Waals surface area contributed by atoms with Crippen LogP contribution in [0.5, 0.6) is 11.5 Å². The van der Waals surface area contributed by atoms with Gasteiger partial charge in [0, 0.05) is 5.56 Å². The van der Waals surface area contributed by atoms with E-state index in [-0.39, 0.29) is 0 Å². The standard InChI is InChI=1S/C14H22ClNO2/c1-9(2)11-8-12(17-4)14(18-5)10(13(11)15)6-7-16-3/h8-9,16H,6-7H2,1-5H3. The van der Waals surface area contributed by atoms with E-state index in [2.05, 4.69) is 19.2 Å². The Labute approximate surface area is 114 Å². The Hall–Kier alpha value is -0.930. The van der Waals surface area contributed by atoms with Gasteiger partial charge in [-0.3, -0.25) is 0 Å². The van der Waals surface area contributed by atoms with E-state index in [0.717, 1.165) is 40.6 Å². The molecule has 0 amide bonds. The zero-order valence-electron chi connectivity index (χ0n) is 11.8. The number of halogens is 1. The van der Waals surface area contributed by atoms with Crippen LogP contribution in [0.25, 0.3) is 0 Å². The number of ether oxygens (including phenoxy) is 2. The topological polar surface area (TPSA) is 30.5 Å². The summed E-state index contributed by atoms with van der Waals surface area (Å²) in [4.78, 5) is 0. The van der Waals surface area contributed by atoms with Crippen LogP contribution in [-0.4, -0.2) is 27.8 Å². The quantitative estimate of drug-likeness (QED) is 0.862. The fraction of sp³-hybridized carbons (Fsp3) is 0.571. The molecule has 1 aromatic carbocycles. The third kappa shape index (κ3) is 3.09. The zero-order chi connectivity index (χ0) is 13.7. The summed E-state index contributed by atoms with van der Waals surface area (Å²) in [5.74, 6) is 1.84. The maximum atomic E-state index is 6.49. The second kappa shape index (κ2) is 6.86. The minimum Gasteiger partial charge on any atom is -0.493 e. The molecule has 3 nitrogen and oxygen atoms in total. The molecule has 0 aliphatic carbocycles. The normalized spacial score (nSPS) is 10.8. The van der Waals surface area contributed by atoms with Gasteiger partial charge in [0.2, 0.25) is 0 Å². The van der Waals surface area contributed by atoms with Crippen molar-refractivity contribution in [2.24, 2.45) is 0 Å². The van der Waals surface area contributed by atoms with Crippen molar-refractivity contribution in [1.82, 2.24) is 5.32 Å². The molecule has 0 aromatic heterocycles. The van der Waals surface area contributed by atoms with E-state index in [1.54, 1.807) is 14.2 Å². The third-order valence-corrected chi connectivity index (χ3v) is 3.42. The Morgan fingerprint density at radius 3 is 2.39 bits per heavy atom. The highest BCUT2D eigenvalue weighted by atomic mass is 35.5. The number of rotatable bonds is 6. The predicted molar refractivity (Wildman–Crippen MR) is 76.3 cm³/mol. The Kier molecular flexibility index (Phi) is 5.76. The lowest BCUT2D eigenvalue weighted by Crippen LogP contribution is -2.12. The van der Waals surface area contributed by atoms with Gasteiger partial charge >= 0.3 is 0 Å². The first-order valence-corrected chi connectivity index (χ1v) is 6.52. The van der Waals surface area contributed by atoms with E-state index >= 15 is 0 Å². The largest absolute Gasteiger partial charge is 0.493 e. The Balaban J connectivity index is 3.36. The van der Waals surface area contributed by atoms with Gasteiger partial charge in [-0.1, -0.05) is 25.4 Å². The van der Waals surface area contributed by atoms with Crippen molar-refractivity contribution >= 4 is 11.6 Å². The van der Waals surface area contributed by atoms with Crippen LogP contribution in [0.4, 0.5) is 0 Å². The second-order valence-corrected chi connectivity index (χ2v) is 4.88. The van der Waals surface area contributed by atoms with Gasteiger partial charge in [-0.05, 0) is 37.6 Å². The number of hydrogen-bond donors (Lipinski definition) is 1.